The number of rotatable bonds is 7. The summed E-state index contributed by atoms with van der Waals surface area (Å²) in [7, 11) is 3.17. The maximum absolute atomic E-state index is 12.4. The molecule has 1 aliphatic heterocycles. The Morgan fingerprint density at radius 1 is 1.33 bits per heavy atom. The van der Waals surface area contributed by atoms with Gasteiger partial charge in [0.15, 0.2) is 16.6 Å². The van der Waals surface area contributed by atoms with Crippen LogP contribution in [-0.4, -0.2) is 43.1 Å². The van der Waals surface area contributed by atoms with Crippen molar-refractivity contribution in [3.05, 3.63) is 38.8 Å². The van der Waals surface area contributed by atoms with Crippen LogP contribution in [0.25, 0.3) is 6.08 Å². The van der Waals surface area contributed by atoms with Gasteiger partial charge in [0.25, 0.3) is 0 Å². The number of hydrogen-bond donors (Lipinski definition) is 1. The van der Waals surface area contributed by atoms with Gasteiger partial charge in [0, 0.05) is 17.5 Å². The fourth-order valence-electron chi connectivity index (χ4n) is 3.40. The van der Waals surface area contributed by atoms with E-state index < -0.39 is 0 Å². The zero-order valence-corrected chi connectivity index (χ0v) is 20.2. The molecular weight excluding hydrogens is 466 g/mol. The fourth-order valence-corrected chi connectivity index (χ4v) is 5.03. The number of methoxy groups -OCH3 is 2. The Balaban J connectivity index is 1.62. The minimum atomic E-state index is -0.215. The lowest BCUT2D eigenvalue weighted by Crippen LogP contribution is -2.32. The van der Waals surface area contributed by atoms with Gasteiger partial charge in [-0.25, -0.2) is 4.98 Å². The third-order valence-corrected chi connectivity index (χ3v) is 6.90. The lowest BCUT2D eigenvalue weighted by molar-refractivity contribution is -0.111. The second kappa shape index (κ2) is 10.4. The zero-order chi connectivity index (χ0) is 21.7. The number of likely N-dealkylation sites (tertiary alicyclic amines) is 1. The highest BCUT2D eigenvalue weighted by atomic mass is 79.9. The Morgan fingerprint density at radius 3 is 2.73 bits per heavy atom. The van der Waals surface area contributed by atoms with Gasteiger partial charge in [0.2, 0.25) is 5.91 Å². The fraction of sp³-hybridized carbons (Fsp3) is 0.455. The number of aromatic nitrogens is 1. The summed E-state index contributed by atoms with van der Waals surface area (Å²) in [4.78, 5) is 20.6. The minimum Gasteiger partial charge on any atom is -0.493 e. The maximum Gasteiger partial charge on any atom is 0.250 e. The summed E-state index contributed by atoms with van der Waals surface area (Å²) in [6.45, 7) is 7.48. The molecule has 2 aromatic rings. The van der Waals surface area contributed by atoms with Crippen LogP contribution in [0.1, 0.15) is 35.9 Å². The smallest absolute Gasteiger partial charge is 0.250 e. The average Bonchev–Trinajstić information content (AvgIpc) is 3.06. The van der Waals surface area contributed by atoms with Gasteiger partial charge < -0.3 is 9.47 Å². The first-order valence-electron chi connectivity index (χ1n) is 9.98. The van der Waals surface area contributed by atoms with E-state index in [2.05, 4.69) is 38.1 Å². The normalized spacial score (nSPS) is 15.5. The van der Waals surface area contributed by atoms with Crippen LogP contribution in [0.4, 0.5) is 5.13 Å². The zero-order valence-electron chi connectivity index (χ0n) is 17.8. The van der Waals surface area contributed by atoms with E-state index in [9.17, 15) is 4.79 Å². The van der Waals surface area contributed by atoms with E-state index in [4.69, 9.17) is 9.47 Å². The summed E-state index contributed by atoms with van der Waals surface area (Å²) in [5.74, 6) is 1.82. The molecule has 1 aromatic heterocycles. The van der Waals surface area contributed by atoms with Crippen LogP contribution in [0.3, 0.4) is 0 Å². The molecule has 8 heteroatoms. The molecule has 0 saturated carbocycles. The highest BCUT2D eigenvalue weighted by Gasteiger charge is 2.18. The van der Waals surface area contributed by atoms with Gasteiger partial charge in [-0.3, -0.25) is 15.0 Å². The van der Waals surface area contributed by atoms with Crippen molar-refractivity contribution in [1.82, 2.24) is 9.88 Å². The number of nitrogens with one attached hydrogen (secondary N) is 1. The van der Waals surface area contributed by atoms with Gasteiger partial charge >= 0.3 is 0 Å². The third-order valence-electron chi connectivity index (χ3n) is 5.25. The SMILES string of the molecule is COc1cc(/C=C/C(=O)Nc2nc(C)c(CN3CCC(C)CC3)s2)cc(Br)c1OC. The Bertz CT molecular complexity index is 921. The largest absolute Gasteiger partial charge is 0.493 e. The molecule has 3 rings (SSSR count). The van der Waals surface area contributed by atoms with Crippen molar-refractivity contribution in [3.8, 4) is 11.5 Å². The Hall–Kier alpha value is -1.90. The van der Waals surface area contributed by atoms with Crippen LogP contribution in [-0.2, 0) is 11.3 Å². The first-order chi connectivity index (χ1) is 14.4. The number of ether oxygens (including phenoxy) is 2. The highest BCUT2D eigenvalue weighted by Crippen LogP contribution is 2.36. The maximum atomic E-state index is 12.4. The third kappa shape index (κ3) is 5.83. The van der Waals surface area contributed by atoms with E-state index in [0.29, 0.717) is 16.6 Å². The van der Waals surface area contributed by atoms with Crippen molar-refractivity contribution in [1.29, 1.82) is 0 Å². The predicted octanol–water partition coefficient (Wildman–Crippen LogP) is 5.12. The molecule has 1 aromatic carbocycles. The number of amides is 1. The van der Waals surface area contributed by atoms with E-state index in [-0.39, 0.29) is 5.91 Å². The second-order valence-corrected chi connectivity index (χ2v) is 9.49. The number of nitrogens with zero attached hydrogens (tertiary/aromatic N) is 2. The molecule has 0 spiro atoms. The van der Waals surface area contributed by atoms with Crippen molar-refractivity contribution in [2.75, 3.05) is 32.6 Å². The molecule has 1 N–H and O–H groups in total. The predicted molar refractivity (Wildman–Crippen MR) is 125 cm³/mol. The molecule has 30 heavy (non-hydrogen) atoms. The van der Waals surface area contributed by atoms with E-state index in [1.807, 2.05) is 19.1 Å². The number of carbonyl (C=O) groups is 1. The highest BCUT2D eigenvalue weighted by molar-refractivity contribution is 9.10. The van der Waals surface area contributed by atoms with E-state index in [1.165, 1.54) is 23.8 Å². The van der Waals surface area contributed by atoms with Crippen molar-refractivity contribution in [2.24, 2.45) is 5.92 Å². The minimum absolute atomic E-state index is 0.215. The summed E-state index contributed by atoms with van der Waals surface area (Å²) in [6.07, 6.45) is 5.73. The molecule has 0 bridgehead atoms. The second-order valence-electron chi connectivity index (χ2n) is 7.55. The molecule has 1 amide bonds. The number of carbonyl (C=O) groups excluding carboxylic acids is 1. The monoisotopic (exact) mass is 493 g/mol. The summed E-state index contributed by atoms with van der Waals surface area (Å²) in [5, 5.41) is 3.51. The van der Waals surface area contributed by atoms with Crippen molar-refractivity contribution < 1.29 is 14.3 Å². The molecule has 0 radical (unpaired) electrons. The van der Waals surface area contributed by atoms with Crippen LogP contribution in [0.2, 0.25) is 0 Å². The van der Waals surface area contributed by atoms with Crippen molar-refractivity contribution >= 4 is 44.4 Å². The van der Waals surface area contributed by atoms with Crippen molar-refractivity contribution in [3.63, 3.8) is 0 Å². The summed E-state index contributed by atoms with van der Waals surface area (Å²) < 4.78 is 11.4. The van der Waals surface area contributed by atoms with Gasteiger partial charge in [0.05, 0.1) is 24.4 Å². The number of anilines is 1. The van der Waals surface area contributed by atoms with Crippen LogP contribution in [0.5, 0.6) is 11.5 Å². The Labute approximate surface area is 190 Å². The van der Waals surface area contributed by atoms with Gasteiger partial charge in [-0.2, -0.15) is 0 Å². The first-order valence-corrected chi connectivity index (χ1v) is 11.6. The molecule has 2 heterocycles. The lowest BCUT2D eigenvalue weighted by atomic mass is 9.99. The number of benzene rings is 1. The van der Waals surface area contributed by atoms with Crippen LogP contribution in [0, 0.1) is 12.8 Å². The number of halogens is 1. The Kier molecular flexibility index (Phi) is 7.91. The molecule has 1 saturated heterocycles. The number of piperidine rings is 1. The molecule has 6 nitrogen and oxygen atoms in total. The van der Waals surface area contributed by atoms with E-state index in [0.717, 1.165) is 41.3 Å². The molecule has 0 aliphatic carbocycles. The van der Waals surface area contributed by atoms with E-state index >= 15 is 0 Å². The van der Waals surface area contributed by atoms with Crippen LogP contribution < -0.4 is 14.8 Å². The average molecular weight is 494 g/mol. The van der Waals surface area contributed by atoms with E-state index in [1.54, 1.807) is 31.6 Å². The standard InChI is InChI=1S/C22H28BrN3O3S/c1-14-7-9-26(10-8-14)13-19-15(2)24-22(30-19)25-20(27)6-5-16-11-17(23)21(29-4)18(12-16)28-3/h5-6,11-12,14H,7-10,13H2,1-4H3,(H,24,25,27)/b6-5+. The van der Waals surface area contributed by atoms with Crippen molar-refractivity contribution in [2.45, 2.75) is 33.2 Å². The van der Waals surface area contributed by atoms with Gasteiger partial charge in [0.1, 0.15) is 0 Å². The summed E-state index contributed by atoms with van der Waals surface area (Å²) in [5.41, 5.74) is 1.81. The van der Waals surface area contributed by atoms with Crippen LogP contribution >= 0.6 is 27.3 Å². The molecule has 1 fully saturated rings. The Morgan fingerprint density at radius 2 is 2.07 bits per heavy atom. The quantitative estimate of drug-likeness (QED) is 0.542. The molecular formula is C22H28BrN3O3S. The molecule has 0 atom stereocenters. The number of thiazole rings is 1. The van der Waals surface area contributed by atoms with Gasteiger partial charge in [-0.15, -0.1) is 11.3 Å². The summed E-state index contributed by atoms with van der Waals surface area (Å²) in [6, 6.07) is 3.69. The van der Waals surface area contributed by atoms with Gasteiger partial charge in [-0.05, 0) is 78.5 Å². The molecule has 0 unspecified atom stereocenters. The molecule has 162 valence electrons. The first kappa shape index (κ1) is 22.8. The summed E-state index contributed by atoms with van der Waals surface area (Å²) >= 11 is 5.02. The number of hydrogen-bond acceptors (Lipinski definition) is 6. The van der Waals surface area contributed by atoms with Crippen LogP contribution in [0.15, 0.2) is 22.7 Å². The number of aryl methyl sites for hydroxylation is 1. The topological polar surface area (TPSA) is 63.7 Å². The van der Waals surface area contributed by atoms with Gasteiger partial charge in [-0.1, -0.05) is 6.92 Å². The lowest BCUT2D eigenvalue weighted by Gasteiger charge is -2.29. The molecule has 1 aliphatic rings.